The average Bonchev–Trinajstić information content (AvgIpc) is 2.82. The predicted molar refractivity (Wildman–Crippen MR) is 82.2 cm³/mol. The summed E-state index contributed by atoms with van der Waals surface area (Å²) in [6, 6.07) is 5.57. The molecule has 0 saturated carbocycles. The van der Waals surface area contributed by atoms with E-state index in [1.54, 1.807) is 7.11 Å². The number of rotatable bonds is 4. The Morgan fingerprint density at radius 3 is 3.00 bits per heavy atom. The van der Waals surface area contributed by atoms with Crippen LogP contribution < -0.4 is 15.4 Å². The minimum absolute atomic E-state index is 0. The fourth-order valence-corrected chi connectivity index (χ4v) is 2.49. The molecule has 6 heteroatoms. The Balaban J connectivity index is 0.00000180. The van der Waals surface area contributed by atoms with Gasteiger partial charge in [0.05, 0.1) is 12.8 Å². The lowest BCUT2D eigenvalue weighted by atomic mass is 10.0. The molecule has 2 rings (SSSR count). The highest BCUT2D eigenvalue weighted by Gasteiger charge is 2.18. The molecule has 1 unspecified atom stereocenters. The molecular formula is C13H18BrClN2O2. The molecule has 0 radical (unpaired) electrons. The molecule has 1 aromatic carbocycles. The third kappa shape index (κ3) is 4.67. The number of carbonyl (C=O) groups excluding carboxylic acids is 1. The maximum Gasteiger partial charge on any atom is 0.224 e. The summed E-state index contributed by atoms with van der Waals surface area (Å²) in [7, 11) is 1.60. The van der Waals surface area contributed by atoms with Crippen LogP contribution in [0.1, 0.15) is 12.8 Å². The van der Waals surface area contributed by atoms with E-state index in [4.69, 9.17) is 4.74 Å². The van der Waals surface area contributed by atoms with E-state index in [1.807, 2.05) is 18.2 Å². The first kappa shape index (κ1) is 16.3. The van der Waals surface area contributed by atoms with Gasteiger partial charge in [-0.05, 0) is 43.6 Å². The molecule has 1 fully saturated rings. The molecule has 1 aliphatic heterocycles. The number of amides is 1. The molecule has 1 heterocycles. The lowest BCUT2D eigenvalue weighted by Gasteiger charge is -2.12. The van der Waals surface area contributed by atoms with Gasteiger partial charge in [-0.25, -0.2) is 0 Å². The van der Waals surface area contributed by atoms with Crippen LogP contribution in [0.15, 0.2) is 22.7 Å². The minimum Gasteiger partial charge on any atom is -0.495 e. The average molecular weight is 350 g/mol. The topological polar surface area (TPSA) is 50.4 Å². The van der Waals surface area contributed by atoms with Gasteiger partial charge in [-0.1, -0.05) is 15.9 Å². The van der Waals surface area contributed by atoms with Crippen molar-refractivity contribution in [1.29, 1.82) is 0 Å². The summed E-state index contributed by atoms with van der Waals surface area (Å²) in [4.78, 5) is 11.9. The van der Waals surface area contributed by atoms with Crippen molar-refractivity contribution in [1.82, 2.24) is 5.32 Å². The Kier molecular flexibility index (Phi) is 6.62. The van der Waals surface area contributed by atoms with Crippen LogP contribution in [0.4, 0.5) is 5.69 Å². The summed E-state index contributed by atoms with van der Waals surface area (Å²) >= 11 is 3.39. The van der Waals surface area contributed by atoms with Crippen molar-refractivity contribution in [3.05, 3.63) is 22.7 Å². The van der Waals surface area contributed by atoms with Crippen molar-refractivity contribution in [3.8, 4) is 5.75 Å². The summed E-state index contributed by atoms with van der Waals surface area (Å²) < 4.78 is 6.14. The molecule has 1 saturated heterocycles. The highest BCUT2D eigenvalue weighted by Crippen LogP contribution is 2.28. The highest BCUT2D eigenvalue weighted by molar-refractivity contribution is 9.10. The Bertz CT molecular complexity index is 437. The maximum atomic E-state index is 11.9. The lowest BCUT2D eigenvalue weighted by Crippen LogP contribution is -2.18. The molecule has 19 heavy (non-hydrogen) atoms. The van der Waals surface area contributed by atoms with E-state index in [1.165, 1.54) is 0 Å². The predicted octanol–water partition coefficient (Wildman–Crippen LogP) is 2.82. The summed E-state index contributed by atoms with van der Waals surface area (Å²) in [5.41, 5.74) is 0.711. The monoisotopic (exact) mass is 348 g/mol. The molecule has 1 atom stereocenters. The molecule has 1 aliphatic rings. The summed E-state index contributed by atoms with van der Waals surface area (Å²) in [6.07, 6.45) is 1.63. The number of benzene rings is 1. The zero-order valence-electron chi connectivity index (χ0n) is 10.7. The van der Waals surface area contributed by atoms with Crippen LogP contribution in [0.3, 0.4) is 0 Å². The van der Waals surface area contributed by atoms with Gasteiger partial charge in [0.15, 0.2) is 0 Å². The van der Waals surface area contributed by atoms with Crippen LogP contribution in [0, 0.1) is 5.92 Å². The van der Waals surface area contributed by atoms with Gasteiger partial charge in [0.1, 0.15) is 5.75 Å². The zero-order valence-corrected chi connectivity index (χ0v) is 13.1. The van der Waals surface area contributed by atoms with Crippen molar-refractivity contribution in [3.63, 3.8) is 0 Å². The standard InChI is InChI=1S/C13H17BrN2O2.ClH/c1-18-12-3-2-10(14)7-11(12)16-13(17)6-9-4-5-15-8-9;/h2-3,7,9,15H,4-6,8H2,1H3,(H,16,17);1H. The fraction of sp³-hybridized carbons (Fsp3) is 0.462. The third-order valence-corrected chi connectivity index (χ3v) is 3.57. The molecule has 0 aromatic heterocycles. The molecule has 0 spiro atoms. The lowest BCUT2D eigenvalue weighted by molar-refractivity contribution is -0.117. The van der Waals surface area contributed by atoms with Gasteiger partial charge in [0, 0.05) is 10.9 Å². The number of carbonyl (C=O) groups is 1. The normalized spacial score (nSPS) is 17.7. The Labute approximate surface area is 127 Å². The van der Waals surface area contributed by atoms with Crippen LogP contribution in [-0.4, -0.2) is 26.1 Å². The Morgan fingerprint density at radius 1 is 1.58 bits per heavy atom. The van der Waals surface area contributed by atoms with Gasteiger partial charge in [0.2, 0.25) is 5.91 Å². The van der Waals surface area contributed by atoms with Crippen molar-refractivity contribution in [2.75, 3.05) is 25.5 Å². The first-order valence-electron chi connectivity index (χ1n) is 6.03. The van der Waals surface area contributed by atoms with Crippen molar-refractivity contribution in [2.24, 2.45) is 5.92 Å². The van der Waals surface area contributed by atoms with Crippen LogP contribution in [0.2, 0.25) is 0 Å². The van der Waals surface area contributed by atoms with E-state index < -0.39 is 0 Å². The number of methoxy groups -OCH3 is 1. The quantitative estimate of drug-likeness (QED) is 0.879. The van der Waals surface area contributed by atoms with Crippen LogP contribution in [-0.2, 0) is 4.79 Å². The van der Waals surface area contributed by atoms with Crippen LogP contribution in [0.5, 0.6) is 5.75 Å². The highest BCUT2D eigenvalue weighted by atomic mass is 79.9. The van der Waals surface area contributed by atoms with E-state index in [0.29, 0.717) is 23.8 Å². The van der Waals surface area contributed by atoms with E-state index >= 15 is 0 Å². The number of ether oxygens (including phenoxy) is 1. The minimum atomic E-state index is 0. The van der Waals surface area contributed by atoms with E-state index in [9.17, 15) is 4.79 Å². The molecule has 1 aromatic rings. The molecule has 0 bridgehead atoms. The number of nitrogens with one attached hydrogen (secondary N) is 2. The van der Waals surface area contributed by atoms with Gasteiger partial charge in [-0.2, -0.15) is 0 Å². The van der Waals surface area contributed by atoms with Crippen molar-refractivity contribution >= 4 is 39.9 Å². The first-order valence-corrected chi connectivity index (χ1v) is 6.82. The second kappa shape index (κ2) is 7.72. The molecular weight excluding hydrogens is 332 g/mol. The summed E-state index contributed by atoms with van der Waals surface area (Å²) in [6.45, 7) is 1.95. The number of anilines is 1. The Morgan fingerprint density at radius 2 is 2.37 bits per heavy atom. The van der Waals surface area contributed by atoms with E-state index in [0.717, 1.165) is 24.0 Å². The fourth-order valence-electron chi connectivity index (χ4n) is 2.13. The third-order valence-electron chi connectivity index (χ3n) is 3.07. The van der Waals surface area contributed by atoms with Gasteiger partial charge >= 0.3 is 0 Å². The molecule has 0 aliphatic carbocycles. The van der Waals surface area contributed by atoms with Gasteiger partial charge in [-0.3, -0.25) is 4.79 Å². The Hall–Kier alpha value is -0.780. The molecule has 1 amide bonds. The van der Waals surface area contributed by atoms with Gasteiger partial charge in [-0.15, -0.1) is 12.4 Å². The molecule has 2 N–H and O–H groups in total. The van der Waals surface area contributed by atoms with E-state index in [2.05, 4.69) is 26.6 Å². The molecule has 4 nitrogen and oxygen atoms in total. The summed E-state index contributed by atoms with van der Waals surface area (Å²) in [5.74, 6) is 1.17. The zero-order chi connectivity index (χ0) is 13.0. The summed E-state index contributed by atoms with van der Waals surface area (Å²) in [5, 5.41) is 6.17. The smallest absolute Gasteiger partial charge is 0.224 e. The first-order chi connectivity index (χ1) is 8.69. The van der Waals surface area contributed by atoms with Crippen molar-refractivity contribution < 1.29 is 9.53 Å². The number of halogens is 2. The largest absolute Gasteiger partial charge is 0.495 e. The van der Waals surface area contributed by atoms with Crippen LogP contribution in [0.25, 0.3) is 0 Å². The van der Waals surface area contributed by atoms with Crippen LogP contribution >= 0.6 is 28.3 Å². The van der Waals surface area contributed by atoms with Gasteiger partial charge in [0.25, 0.3) is 0 Å². The second-order valence-electron chi connectivity index (χ2n) is 4.46. The number of hydrogen-bond donors (Lipinski definition) is 2. The van der Waals surface area contributed by atoms with Crippen molar-refractivity contribution in [2.45, 2.75) is 12.8 Å². The second-order valence-corrected chi connectivity index (χ2v) is 5.37. The molecule has 106 valence electrons. The van der Waals surface area contributed by atoms with E-state index in [-0.39, 0.29) is 18.3 Å². The SMILES string of the molecule is COc1ccc(Br)cc1NC(=O)CC1CCNC1.Cl. The van der Waals surface area contributed by atoms with Gasteiger partial charge < -0.3 is 15.4 Å². The number of hydrogen-bond acceptors (Lipinski definition) is 3. The maximum absolute atomic E-state index is 11.9.